The molecule has 2 aliphatic rings. The first-order valence-corrected chi connectivity index (χ1v) is 13.0. The second-order valence-electron chi connectivity index (χ2n) is 8.58. The van der Waals surface area contributed by atoms with Crippen molar-refractivity contribution in [1.82, 2.24) is 4.57 Å². The monoisotopic (exact) mass is 511 g/mol. The molecule has 0 saturated carbocycles. The van der Waals surface area contributed by atoms with E-state index in [1.54, 1.807) is 36.6 Å². The number of anilines is 1. The van der Waals surface area contributed by atoms with Crippen LogP contribution in [0, 0.1) is 0 Å². The average molecular weight is 512 g/mol. The van der Waals surface area contributed by atoms with Crippen LogP contribution in [0.2, 0.25) is 5.02 Å². The van der Waals surface area contributed by atoms with Crippen LogP contribution >= 0.6 is 22.9 Å². The molecule has 1 aromatic carbocycles. The van der Waals surface area contributed by atoms with Gasteiger partial charge < -0.3 is 14.1 Å². The van der Waals surface area contributed by atoms with Gasteiger partial charge in [-0.1, -0.05) is 35.1 Å². The molecule has 0 aliphatic carbocycles. The predicted molar refractivity (Wildman–Crippen MR) is 137 cm³/mol. The van der Waals surface area contributed by atoms with E-state index in [4.69, 9.17) is 20.8 Å². The highest BCUT2D eigenvalue weighted by atomic mass is 35.5. The highest BCUT2D eigenvalue weighted by Crippen LogP contribution is 2.31. The van der Waals surface area contributed by atoms with Crippen molar-refractivity contribution in [3.63, 3.8) is 0 Å². The summed E-state index contributed by atoms with van der Waals surface area (Å²) in [7, 11) is 0. The average Bonchev–Trinajstić information content (AvgIpc) is 3.44. The Bertz CT molecular complexity index is 1460. The summed E-state index contributed by atoms with van der Waals surface area (Å²) in [5.41, 5.74) is 1.39. The molecule has 2 aliphatic heterocycles. The van der Waals surface area contributed by atoms with E-state index in [0.29, 0.717) is 31.4 Å². The standard InChI is InChI=1S/C26H26ClN3O4S/c1-3-33-25(32)22-16(2)28-26-30(23(22)17-7-9-18(27)10-8-17)24(31)20(35-26)15-19-11-12-21(34-19)29-13-5-4-6-14-29/h7-12,15,23H,3-6,13-14H2,1-2H3/b20-15-. The number of hydrogen-bond acceptors (Lipinski definition) is 7. The Morgan fingerprint density at radius 1 is 1.20 bits per heavy atom. The number of ether oxygens (including phenoxy) is 1. The molecule has 0 radical (unpaired) electrons. The molecular weight excluding hydrogens is 486 g/mol. The van der Waals surface area contributed by atoms with Crippen molar-refractivity contribution in [2.24, 2.45) is 4.99 Å². The van der Waals surface area contributed by atoms with Gasteiger partial charge >= 0.3 is 5.97 Å². The Balaban J connectivity index is 1.60. The van der Waals surface area contributed by atoms with Gasteiger partial charge in [0.2, 0.25) is 0 Å². The highest BCUT2D eigenvalue weighted by Gasteiger charge is 2.33. The summed E-state index contributed by atoms with van der Waals surface area (Å²) in [5, 5.41) is 0.571. The Labute approximate surface area is 211 Å². The molecule has 2 aromatic heterocycles. The number of thiazole rings is 1. The molecule has 35 heavy (non-hydrogen) atoms. The molecule has 1 atom stereocenters. The number of fused-ring (bicyclic) bond motifs is 1. The summed E-state index contributed by atoms with van der Waals surface area (Å²) in [6, 6.07) is 10.3. The number of benzene rings is 1. The lowest BCUT2D eigenvalue weighted by Gasteiger charge is -2.25. The van der Waals surface area contributed by atoms with Crippen molar-refractivity contribution < 1.29 is 13.9 Å². The number of piperidine rings is 1. The number of halogens is 1. The van der Waals surface area contributed by atoms with Crippen LogP contribution in [0.5, 0.6) is 0 Å². The zero-order valence-corrected chi connectivity index (χ0v) is 21.2. The fourth-order valence-electron chi connectivity index (χ4n) is 4.59. The Kier molecular flexibility index (Phi) is 6.67. The zero-order chi connectivity index (χ0) is 24.5. The summed E-state index contributed by atoms with van der Waals surface area (Å²) in [6.45, 7) is 5.70. The van der Waals surface area contributed by atoms with Gasteiger partial charge in [0, 0.05) is 30.3 Å². The maximum atomic E-state index is 13.6. The quantitative estimate of drug-likeness (QED) is 0.483. The van der Waals surface area contributed by atoms with Crippen LogP contribution in [0.1, 0.15) is 50.5 Å². The van der Waals surface area contributed by atoms with Crippen molar-refractivity contribution in [2.45, 2.75) is 39.2 Å². The molecule has 4 heterocycles. The second kappa shape index (κ2) is 9.87. The van der Waals surface area contributed by atoms with E-state index < -0.39 is 12.0 Å². The number of allylic oxidation sites excluding steroid dienone is 1. The van der Waals surface area contributed by atoms with Crippen LogP contribution in [0.4, 0.5) is 5.88 Å². The smallest absolute Gasteiger partial charge is 0.338 e. The summed E-state index contributed by atoms with van der Waals surface area (Å²) in [4.78, 5) is 33.9. The molecule has 5 rings (SSSR count). The van der Waals surface area contributed by atoms with Crippen LogP contribution in [0.25, 0.3) is 6.08 Å². The molecule has 0 bridgehead atoms. The Hall–Kier alpha value is -3.10. The summed E-state index contributed by atoms with van der Waals surface area (Å²) in [5.74, 6) is 0.948. The van der Waals surface area contributed by atoms with Crippen LogP contribution < -0.4 is 19.8 Å². The van der Waals surface area contributed by atoms with Crippen LogP contribution in [-0.4, -0.2) is 30.2 Å². The Morgan fingerprint density at radius 2 is 1.94 bits per heavy atom. The molecule has 9 heteroatoms. The van der Waals surface area contributed by atoms with Gasteiger partial charge in [0.1, 0.15) is 5.76 Å². The second-order valence-corrected chi connectivity index (χ2v) is 10.0. The fraction of sp³-hybridized carbons (Fsp3) is 0.346. The molecule has 7 nitrogen and oxygen atoms in total. The van der Waals surface area contributed by atoms with Crippen molar-refractivity contribution in [3.05, 3.63) is 83.7 Å². The first kappa shape index (κ1) is 23.6. The SMILES string of the molecule is CCOC(=O)C1=C(C)N=c2s/c(=C\c3ccc(N4CCCCC4)o3)c(=O)n2C1c1ccc(Cl)cc1. The molecule has 1 fully saturated rings. The van der Waals surface area contributed by atoms with Crippen LogP contribution in [0.15, 0.2) is 61.9 Å². The minimum atomic E-state index is -0.662. The zero-order valence-electron chi connectivity index (χ0n) is 19.6. The lowest BCUT2D eigenvalue weighted by molar-refractivity contribution is -0.139. The lowest BCUT2D eigenvalue weighted by Crippen LogP contribution is -2.39. The molecule has 0 N–H and O–H groups in total. The number of esters is 1. The summed E-state index contributed by atoms with van der Waals surface area (Å²) < 4.78 is 13.4. The van der Waals surface area contributed by atoms with Gasteiger partial charge in [-0.05, 0) is 56.9 Å². The van der Waals surface area contributed by atoms with Crippen molar-refractivity contribution in [2.75, 3.05) is 24.6 Å². The number of aromatic nitrogens is 1. The third kappa shape index (κ3) is 4.60. The number of carbonyl (C=O) groups excluding carboxylic acids is 1. The molecule has 0 spiro atoms. The normalized spacial score (nSPS) is 18.4. The van der Waals surface area contributed by atoms with Gasteiger partial charge in [0.05, 0.1) is 28.5 Å². The van der Waals surface area contributed by atoms with Crippen molar-refractivity contribution in [3.8, 4) is 0 Å². The van der Waals surface area contributed by atoms with E-state index in [1.165, 1.54) is 17.8 Å². The molecule has 1 unspecified atom stereocenters. The molecule has 182 valence electrons. The van der Waals surface area contributed by atoms with E-state index >= 15 is 0 Å². The number of hydrogen-bond donors (Lipinski definition) is 0. The number of carbonyl (C=O) groups is 1. The number of nitrogens with zero attached hydrogens (tertiary/aromatic N) is 3. The predicted octanol–water partition coefficient (Wildman–Crippen LogP) is 4.04. The van der Waals surface area contributed by atoms with Gasteiger partial charge in [-0.3, -0.25) is 9.36 Å². The maximum Gasteiger partial charge on any atom is 0.338 e. The highest BCUT2D eigenvalue weighted by molar-refractivity contribution is 7.07. The fourth-order valence-corrected chi connectivity index (χ4v) is 5.74. The molecule has 0 amide bonds. The number of furan rings is 1. The van der Waals surface area contributed by atoms with E-state index in [9.17, 15) is 9.59 Å². The van der Waals surface area contributed by atoms with Gasteiger partial charge in [-0.2, -0.15) is 0 Å². The van der Waals surface area contributed by atoms with Gasteiger partial charge in [-0.25, -0.2) is 9.79 Å². The summed E-state index contributed by atoms with van der Waals surface area (Å²) in [6.07, 6.45) is 5.30. The maximum absolute atomic E-state index is 13.6. The molecule has 3 aromatic rings. The van der Waals surface area contributed by atoms with Crippen LogP contribution in [0.3, 0.4) is 0 Å². The third-order valence-electron chi connectivity index (χ3n) is 6.26. The minimum absolute atomic E-state index is 0.227. The first-order valence-electron chi connectivity index (χ1n) is 11.8. The first-order chi connectivity index (χ1) is 17.0. The van der Waals surface area contributed by atoms with Crippen molar-refractivity contribution in [1.29, 1.82) is 0 Å². The molecule has 1 saturated heterocycles. The van der Waals surface area contributed by atoms with Gasteiger partial charge in [0.15, 0.2) is 10.7 Å². The number of rotatable bonds is 5. The van der Waals surface area contributed by atoms with Gasteiger partial charge in [-0.15, -0.1) is 0 Å². The topological polar surface area (TPSA) is 77.0 Å². The van der Waals surface area contributed by atoms with E-state index in [1.807, 2.05) is 24.3 Å². The van der Waals surface area contributed by atoms with E-state index in [0.717, 1.165) is 37.4 Å². The largest absolute Gasteiger partial charge is 0.463 e. The van der Waals surface area contributed by atoms with E-state index in [-0.39, 0.29) is 12.2 Å². The third-order valence-corrected chi connectivity index (χ3v) is 7.49. The van der Waals surface area contributed by atoms with Gasteiger partial charge in [0.25, 0.3) is 5.56 Å². The minimum Gasteiger partial charge on any atom is -0.463 e. The van der Waals surface area contributed by atoms with Crippen molar-refractivity contribution >= 4 is 40.9 Å². The van der Waals surface area contributed by atoms with E-state index in [2.05, 4.69) is 9.89 Å². The molecular formula is C26H26ClN3O4S. The lowest BCUT2D eigenvalue weighted by atomic mass is 9.96. The van der Waals surface area contributed by atoms with Crippen LogP contribution in [-0.2, 0) is 9.53 Å². The Morgan fingerprint density at radius 3 is 2.66 bits per heavy atom. The summed E-state index contributed by atoms with van der Waals surface area (Å²) >= 11 is 7.38.